The first-order valence-corrected chi connectivity index (χ1v) is 6.38. The van der Waals surface area contributed by atoms with Gasteiger partial charge in [-0.25, -0.2) is 0 Å². The fourth-order valence-electron chi connectivity index (χ4n) is 2.32. The monoisotopic (exact) mass is 253 g/mol. The zero-order valence-corrected chi connectivity index (χ0v) is 10.7. The van der Waals surface area contributed by atoms with Crippen molar-refractivity contribution in [3.8, 4) is 5.75 Å². The van der Waals surface area contributed by atoms with E-state index in [2.05, 4.69) is 0 Å². The van der Waals surface area contributed by atoms with Gasteiger partial charge in [0.05, 0.1) is 12.2 Å². The Morgan fingerprint density at radius 2 is 1.79 bits per heavy atom. The van der Waals surface area contributed by atoms with Gasteiger partial charge in [0, 0.05) is 5.56 Å². The average Bonchev–Trinajstić information content (AvgIpc) is 2.46. The van der Waals surface area contributed by atoms with Crippen LogP contribution in [0.1, 0.15) is 17.3 Å². The normalized spacial score (nSPS) is 17.5. The number of hydrogen-bond acceptors (Lipinski definition) is 2. The number of hydrogen-bond donors (Lipinski definition) is 0. The van der Waals surface area contributed by atoms with Crippen molar-refractivity contribution in [3.63, 3.8) is 0 Å². The summed E-state index contributed by atoms with van der Waals surface area (Å²) in [5.41, 5.74) is 1.54. The van der Waals surface area contributed by atoms with E-state index in [9.17, 15) is 4.79 Å². The third-order valence-corrected chi connectivity index (χ3v) is 3.19. The van der Waals surface area contributed by atoms with Gasteiger partial charge in [0.25, 0.3) is 5.91 Å². The lowest BCUT2D eigenvalue weighted by atomic mass is 10.1. The fourth-order valence-corrected chi connectivity index (χ4v) is 2.32. The zero-order chi connectivity index (χ0) is 13.2. The van der Waals surface area contributed by atoms with Crippen LogP contribution in [0.15, 0.2) is 54.6 Å². The van der Waals surface area contributed by atoms with E-state index in [1.165, 1.54) is 0 Å². The van der Waals surface area contributed by atoms with Gasteiger partial charge in [0.1, 0.15) is 11.9 Å². The van der Waals surface area contributed by atoms with E-state index < -0.39 is 0 Å². The highest BCUT2D eigenvalue weighted by Crippen LogP contribution is 2.33. The first-order chi connectivity index (χ1) is 9.25. The van der Waals surface area contributed by atoms with E-state index in [1.807, 2.05) is 61.5 Å². The van der Waals surface area contributed by atoms with Crippen LogP contribution in [0.3, 0.4) is 0 Å². The van der Waals surface area contributed by atoms with Crippen LogP contribution >= 0.6 is 0 Å². The van der Waals surface area contributed by atoms with Gasteiger partial charge in [-0.2, -0.15) is 0 Å². The summed E-state index contributed by atoms with van der Waals surface area (Å²) in [5, 5.41) is 0. The van der Waals surface area contributed by atoms with Gasteiger partial charge in [-0.3, -0.25) is 4.79 Å². The van der Waals surface area contributed by atoms with Crippen LogP contribution in [0.25, 0.3) is 0 Å². The Morgan fingerprint density at radius 1 is 1.11 bits per heavy atom. The van der Waals surface area contributed by atoms with Crippen LogP contribution < -0.4 is 9.64 Å². The molecule has 1 aliphatic rings. The number of nitrogens with zero attached hydrogens (tertiary/aromatic N) is 1. The number of carbonyl (C=O) groups excluding carboxylic acids is 1. The fraction of sp³-hybridized carbons (Fsp3) is 0.188. The summed E-state index contributed by atoms with van der Waals surface area (Å²) in [6, 6.07) is 17.0. The predicted octanol–water partition coefficient (Wildman–Crippen LogP) is 3.11. The van der Waals surface area contributed by atoms with Gasteiger partial charge in [-0.05, 0) is 31.2 Å². The molecule has 2 aromatic carbocycles. The van der Waals surface area contributed by atoms with Gasteiger partial charge in [-0.15, -0.1) is 0 Å². The van der Waals surface area contributed by atoms with Gasteiger partial charge in [-0.1, -0.05) is 30.3 Å². The molecule has 1 atom stereocenters. The number of ether oxygens (including phenoxy) is 1. The van der Waals surface area contributed by atoms with Crippen molar-refractivity contribution in [3.05, 3.63) is 60.2 Å². The molecular weight excluding hydrogens is 238 g/mol. The molecule has 2 aromatic rings. The molecule has 0 unspecified atom stereocenters. The molecule has 0 saturated carbocycles. The summed E-state index contributed by atoms with van der Waals surface area (Å²) in [7, 11) is 0. The molecule has 19 heavy (non-hydrogen) atoms. The lowest BCUT2D eigenvalue weighted by molar-refractivity contribution is 0.0961. The van der Waals surface area contributed by atoms with Crippen LogP contribution in [0, 0.1) is 0 Å². The second-order valence-electron chi connectivity index (χ2n) is 4.68. The maximum Gasteiger partial charge on any atom is 0.258 e. The molecule has 0 spiro atoms. The van der Waals surface area contributed by atoms with Crippen LogP contribution in [-0.2, 0) is 0 Å². The lowest BCUT2D eigenvalue weighted by Gasteiger charge is -2.33. The average molecular weight is 253 g/mol. The second-order valence-corrected chi connectivity index (χ2v) is 4.68. The molecule has 0 N–H and O–H groups in total. The molecule has 3 heteroatoms. The topological polar surface area (TPSA) is 29.5 Å². The quantitative estimate of drug-likeness (QED) is 0.781. The van der Waals surface area contributed by atoms with Crippen molar-refractivity contribution in [2.45, 2.75) is 13.0 Å². The van der Waals surface area contributed by atoms with Crippen molar-refractivity contribution in [2.75, 3.05) is 11.4 Å². The molecule has 0 radical (unpaired) electrons. The highest BCUT2D eigenvalue weighted by Gasteiger charge is 2.27. The summed E-state index contributed by atoms with van der Waals surface area (Å²) in [6.07, 6.45) is 0.00237. The number of anilines is 1. The first-order valence-electron chi connectivity index (χ1n) is 6.38. The minimum Gasteiger partial charge on any atom is -0.487 e. The maximum absolute atomic E-state index is 12.6. The molecule has 3 rings (SSSR count). The molecule has 1 aliphatic heterocycles. The smallest absolute Gasteiger partial charge is 0.258 e. The Labute approximate surface area is 112 Å². The van der Waals surface area contributed by atoms with E-state index in [1.54, 1.807) is 4.90 Å². The Morgan fingerprint density at radius 3 is 2.58 bits per heavy atom. The summed E-state index contributed by atoms with van der Waals surface area (Å²) in [5.74, 6) is 0.786. The summed E-state index contributed by atoms with van der Waals surface area (Å²) in [6.45, 7) is 2.55. The molecule has 0 saturated heterocycles. The molecule has 3 nitrogen and oxygen atoms in total. The minimum absolute atomic E-state index is 0.00237. The highest BCUT2D eigenvalue weighted by atomic mass is 16.5. The van der Waals surface area contributed by atoms with E-state index in [-0.39, 0.29) is 12.0 Å². The highest BCUT2D eigenvalue weighted by molar-refractivity contribution is 6.07. The number of benzene rings is 2. The molecule has 1 amide bonds. The molecule has 96 valence electrons. The van der Waals surface area contributed by atoms with E-state index in [4.69, 9.17) is 4.74 Å². The van der Waals surface area contributed by atoms with Crippen molar-refractivity contribution < 1.29 is 9.53 Å². The maximum atomic E-state index is 12.6. The van der Waals surface area contributed by atoms with E-state index in [0.717, 1.165) is 11.4 Å². The lowest BCUT2D eigenvalue weighted by Crippen LogP contribution is -2.42. The van der Waals surface area contributed by atoms with Crippen molar-refractivity contribution in [1.82, 2.24) is 0 Å². The molecule has 0 bridgehead atoms. The number of rotatable bonds is 1. The van der Waals surface area contributed by atoms with Crippen LogP contribution in [0.2, 0.25) is 0 Å². The Hall–Kier alpha value is -2.29. The number of fused-ring (bicyclic) bond motifs is 1. The van der Waals surface area contributed by atoms with E-state index >= 15 is 0 Å². The van der Waals surface area contributed by atoms with Crippen LogP contribution in [0.5, 0.6) is 5.75 Å². The molecule has 1 heterocycles. The number of carbonyl (C=O) groups is 1. The van der Waals surface area contributed by atoms with Crippen LogP contribution in [-0.4, -0.2) is 18.6 Å². The Kier molecular flexibility index (Phi) is 2.95. The van der Waals surface area contributed by atoms with Gasteiger partial charge in [0.2, 0.25) is 0 Å². The standard InChI is InChI=1S/C16H15NO2/c1-12-11-17(14-9-5-6-10-15(14)19-12)16(18)13-7-3-2-4-8-13/h2-10,12H,11H2,1H3/t12-/m0/s1. The van der Waals surface area contributed by atoms with Crippen molar-refractivity contribution in [1.29, 1.82) is 0 Å². The summed E-state index contributed by atoms with van der Waals surface area (Å²) in [4.78, 5) is 14.4. The number of amides is 1. The summed E-state index contributed by atoms with van der Waals surface area (Å²) < 4.78 is 5.75. The summed E-state index contributed by atoms with van der Waals surface area (Å²) >= 11 is 0. The number of para-hydroxylation sites is 2. The third-order valence-electron chi connectivity index (χ3n) is 3.19. The molecular formula is C16H15NO2. The second kappa shape index (κ2) is 4.76. The largest absolute Gasteiger partial charge is 0.487 e. The van der Waals surface area contributed by atoms with Gasteiger partial charge in [0.15, 0.2) is 0 Å². The van der Waals surface area contributed by atoms with Gasteiger partial charge >= 0.3 is 0 Å². The van der Waals surface area contributed by atoms with E-state index in [0.29, 0.717) is 12.1 Å². The Bertz CT molecular complexity index is 595. The predicted molar refractivity (Wildman–Crippen MR) is 74.7 cm³/mol. The van der Waals surface area contributed by atoms with Crippen molar-refractivity contribution >= 4 is 11.6 Å². The van der Waals surface area contributed by atoms with Crippen molar-refractivity contribution in [2.24, 2.45) is 0 Å². The first kappa shape index (κ1) is 11.8. The third kappa shape index (κ3) is 2.19. The molecule has 0 aliphatic carbocycles. The van der Waals surface area contributed by atoms with Gasteiger partial charge < -0.3 is 9.64 Å². The molecule has 0 aromatic heterocycles. The Balaban J connectivity index is 1.99. The molecule has 0 fully saturated rings. The minimum atomic E-state index is 0.00237. The zero-order valence-electron chi connectivity index (χ0n) is 10.7. The SMILES string of the molecule is C[C@H]1CN(C(=O)c2ccccc2)c2ccccc2O1. The van der Waals surface area contributed by atoms with Crippen LogP contribution in [0.4, 0.5) is 5.69 Å².